The van der Waals surface area contributed by atoms with E-state index in [2.05, 4.69) is 15.6 Å². The van der Waals surface area contributed by atoms with E-state index in [-0.39, 0.29) is 17.8 Å². The number of ether oxygens (including phenoxy) is 1. The van der Waals surface area contributed by atoms with Gasteiger partial charge < -0.3 is 4.74 Å². The second-order valence-electron chi connectivity index (χ2n) is 4.20. The van der Waals surface area contributed by atoms with Crippen LogP contribution in [0.5, 0.6) is 0 Å². The minimum Gasteiger partial charge on any atom is -0.465 e. The highest BCUT2D eigenvalue weighted by atomic mass is 16.5. The molecule has 0 fully saturated rings. The molecule has 0 atom stereocenters. The first-order chi connectivity index (χ1) is 9.12. The molecule has 104 valence electrons. The molecule has 0 saturated carbocycles. The molecule has 0 radical (unpaired) electrons. The molecule has 5 heteroatoms. The van der Waals surface area contributed by atoms with Gasteiger partial charge in [-0.15, -0.1) is 0 Å². The summed E-state index contributed by atoms with van der Waals surface area (Å²) in [6, 6.07) is 6.69. The molecule has 19 heavy (non-hydrogen) atoms. The molecule has 0 heterocycles. The molecule has 1 rings (SSSR count). The van der Waals surface area contributed by atoms with Crippen molar-refractivity contribution in [3.8, 4) is 0 Å². The van der Waals surface area contributed by atoms with Crippen LogP contribution in [0.25, 0.3) is 0 Å². The molecule has 1 amide bonds. The van der Waals surface area contributed by atoms with Crippen LogP contribution in [-0.4, -0.2) is 19.0 Å². The minimum absolute atomic E-state index is 0.0156. The average Bonchev–Trinajstić information content (AvgIpc) is 2.46. The van der Waals surface area contributed by atoms with Gasteiger partial charge in [0.25, 0.3) is 0 Å². The zero-order valence-corrected chi connectivity index (χ0v) is 11.5. The molecule has 0 aromatic heterocycles. The lowest BCUT2D eigenvalue weighted by molar-refractivity contribution is -0.124. The summed E-state index contributed by atoms with van der Waals surface area (Å²) >= 11 is 0. The standard InChI is InChI=1S/C14H20N2O3/c1-4-10(5-2)13(17)16-15-12-8-6-11(7-9-12)14(18)19-3/h6-10,15H,4-5H2,1-3H3,(H,16,17). The predicted molar refractivity (Wildman–Crippen MR) is 73.6 cm³/mol. The third-order valence-electron chi connectivity index (χ3n) is 2.99. The Labute approximate surface area is 113 Å². The summed E-state index contributed by atoms with van der Waals surface area (Å²) in [4.78, 5) is 23.0. The smallest absolute Gasteiger partial charge is 0.337 e. The number of carbonyl (C=O) groups is 2. The molecule has 2 N–H and O–H groups in total. The fraction of sp³-hybridized carbons (Fsp3) is 0.429. The maximum atomic E-state index is 11.8. The van der Waals surface area contributed by atoms with Crippen LogP contribution in [0.4, 0.5) is 5.69 Å². The maximum Gasteiger partial charge on any atom is 0.337 e. The van der Waals surface area contributed by atoms with Crippen LogP contribution in [-0.2, 0) is 9.53 Å². The lowest BCUT2D eigenvalue weighted by Gasteiger charge is -2.14. The Kier molecular flexibility index (Phi) is 5.85. The molecule has 0 unspecified atom stereocenters. The Morgan fingerprint density at radius 2 is 1.74 bits per heavy atom. The minimum atomic E-state index is -0.382. The number of amides is 1. The second-order valence-corrected chi connectivity index (χ2v) is 4.20. The molecule has 0 bridgehead atoms. The summed E-state index contributed by atoms with van der Waals surface area (Å²) in [7, 11) is 1.34. The van der Waals surface area contributed by atoms with Gasteiger partial charge in [0, 0.05) is 5.92 Å². The SMILES string of the molecule is CCC(CC)C(=O)NNc1ccc(C(=O)OC)cc1. The summed E-state index contributed by atoms with van der Waals surface area (Å²) in [5, 5.41) is 0. The number of esters is 1. The van der Waals surface area contributed by atoms with Gasteiger partial charge in [-0.05, 0) is 37.1 Å². The summed E-state index contributed by atoms with van der Waals surface area (Å²) < 4.78 is 4.61. The van der Waals surface area contributed by atoms with Gasteiger partial charge >= 0.3 is 5.97 Å². The lowest BCUT2D eigenvalue weighted by atomic mass is 10.0. The Balaban J connectivity index is 2.54. The quantitative estimate of drug-likeness (QED) is 0.611. The number of benzene rings is 1. The number of carbonyl (C=O) groups excluding carboxylic acids is 2. The van der Waals surface area contributed by atoms with Crippen molar-refractivity contribution < 1.29 is 14.3 Å². The maximum absolute atomic E-state index is 11.8. The van der Waals surface area contributed by atoms with E-state index in [1.54, 1.807) is 24.3 Å². The monoisotopic (exact) mass is 264 g/mol. The van der Waals surface area contributed by atoms with E-state index in [9.17, 15) is 9.59 Å². The zero-order chi connectivity index (χ0) is 14.3. The first-order valence-electron chi connectivity index (χ1n) is 6.36. The Bertz CT molecular complexity index is 425. The van der Waals surface area contributed by atoms with Gasteiger partial charge in [0.1, 0.15) is 0 Å². The highest BCUT2D eigenvalue weighted by Crippen LogP contribution is 2.11. The zero-order valence-electron chi connectivity index (χ0n) is 11.5. The normalized spacial score (nSPS) is 10.1. The molecule has 0 saturated heterocycles. The molecular weight excluding hydrogens is 244 g/mol. The number of hydrogen-bond donors (Lipinski definition) is 2. The third-order valence-corrected chi connectivity index (χ3v) is 2.99. The van der Waals surface area contributed by atoms with Crippen LogP contribution in [0, 0.1) is 5.92 Å². The van der Waals surface area contributed by atoms with E-state index in [1.165, 1.54) is 7.11 Å². The first kappa shape index (κ1) is 15.0. The summed E-state index contributed by atoms with van der Waals surface area (Å²) in [5.74, 6) is -0.392. The Morgan fingerprint density at radius 1 is 1.16 bits per heavy atom. The molecule has 1 aromatic carbocycles. The van der Waals surface area contributed by atoms with Crippen molar-refractivity contribution in [2.24, 2.45) is 5.92 Å². The topological polar surface area (TPSA) is 67.4 Å². The average molecular weight is 264 g/mol. The van der Waals surface area contributed by atoms with E-state index in [4.69, 9.17) is 0 Å². The number of rotatable bonds is 6. The van der Waals surface area contributed by atoms with Crippen LogP contribution >= 0.6 is 0 Å². The van der Waals surface area contributed by atoms with Crippen molar-refractivity contribution >= 4 is 17.6 Å². The van der Waals surface area contributed by atoms with Crippen molar-refractivity contribution in [1.29, 1.82) is 0 Å². The van der Waals surface area contributed by atoms with Crippen LogP contribution in [0.3, 0.4) is 0 Å². The van der Waals surface area contributed by atoms with Crippen LogP contribution in [0.1, 0.15) is 37.0 Å². The number of methoxy groups -OCH3 is 1. The largest absolute Gasteiger partial charge is 0.465 e. The first-order valence-corrected chi connectivity index (χ1v) is 6.36. The molecular formula is C14H20N2O3. The van der Waals surface area contributed by atoms with E-state index < -0.39 is 0 Å². The van der Waals surface area contributed by atoms with Gasteiger partial charge in [-0.25, -0.2) is 4.79 Å². The van der Waals surface area contributed by atoms with Crippen LogP contribution in [0.2, 0.25) is 0 Å². The highest BCUT2D eigenvalue weighted by molar-refractivity contribution is 5.89. The van der Waals surface area contributed by atoms with Gasteiger partial charge in [0.2, 0.25) is 5.91 Å². The molecule has 1 aromatic rings. The molecule has 0 aliphatic carbocycles. The van der Waals surface area contributed by atoms with Gasteiger partial charge in [-0.3, -0.25) is 15.6 Å². The molecule has 0 aliphatic rings. The molecule has 0 aliphatic heterocycles. The molecule has 5 nitrogen and oxygen atoms in total. The van der Waals surface area contributed by atoms with E-state index >= 15 is 0 Å². The molecule has 0 spiro atoms. The fourth-order valence-corrected chi connectivity index (χ4v) is 1.70. The fourth-order valence-electron chi connectivity index (χ4n) is 1.70. The van der Waals surface area contributed by atoms with Crippen molar-refractivity contribution in [2.45, 2.75) is 26.7 Å². The summed E-state index contributed by atoms with van der Waals surface area (Å²) in [6.07, 6.45) is 1.62. The van der Waals surface area contributed by atoms with Crippen molar-refractivity contribution in [3.63, 3.8) is 0 Å². The van der Waals surface area contributed by atoms with Crippen LogP contribution < -0.4 is 10.9 Å². The number of anilines is 1. The van der Waals surface area contributed by atoms with Crippen molar-refractivity contribution in [3.05, 3.63) is 29.8 Å². The predicted octanol–water partition coefficient (Wildman–Crippen LogP) is 2.35. The lowest BCUT2D eigenvalue weighted by Crippen LogP contribution is -2.34. The van der Waals surface area contributed by atoms with Crippen LogP contribution in [0.15, 0.2) is 24.3 Å². The summed E-state index contributed by atoms with van der Waals surface area (Å²) in [5.41, 5.74) is 6.67. The third kappa shape index (κ3) is 4.28. The second kappa shape index (κ2) is 7.41. The number of nitrogens with one attached hydrogen (secondary N) is 2. The number of hydrazine groups is 1. The Morgan fingerprint density at radius 3 is 2.21 bits per heavy atom. The van der Waals surface area contributed by atoms with Crippen molar-refractivity contribution in [1.82, 2.24) is 5.43 Å². The highest BCUT2D eigenvalue weighted by Gasteiger charge is 2.13. The summed E-state index contributed by atoms with van der Waals surface area (Å²) in [6.45, 7) is 3.97. The van der Waals surface area contributed by atoms with Gasteiger partial charge in [0.15, 0.2) is 0 Å². The number of hydrogen-bond acceptors (Lipinski definition) is 4. The van der Waals surface area contributed by atoms with Crippen molar-refractivity contribution in [2.75, 3.05) is 12.5 Å². The Hall–Kier alpha value is -2.04. The van der Waals surface area contributed by atoms with E-state index in [1.807, 2.05) is 13.8 Å². The van der Waals surface area contributed by atoms with E-state index in [0.717, 1.165) is 12.8 Å². The van der Waals surface area contributed by atoms with Gasteiger partial charge in [-0.2, -0.15) is 0 Å². The van der Waals surface area contributed by atoms with Gasteiger partial charge in [0.05, 0.1) is 18.4 Å². The van der Waals surface area contributed by atoms with Gasteiger partial charge in [-0.1, -0.05) is 13.8 Å². The van der Waals surface area contributed by atoms with E-state index in [0.29, 0.717) is 11.3 Å².